The summed E-state index contributed by atoms with van der Waals surface area (Å²) < 4.78 is 5.34. The number of carbonyl (C=O) groups is 1. The molecule has 154 valence electrons. The minimum atomic E-state index is -0.0107. The van der Waals surface area contributed by atoms with Crippen LogP contribution in [0.4, 0.5) is 17.5 Å². The number of rotatable bonds is 5. The maximum atomic E-state index is 12.9. The van der Waals surface area contributed by atoms with Gasteiger partial charge >= 0.3 is 0 Å². The number of para-hydroxylation sites is 1. The summed E-state index contributed by atoms with van der Waals surface area (Å²) in [7, 11) is 1.58. The summed E-state index contributed by atoms with van der Waals surface area (Å²) >= 11 is 0. The smallest absolute Gasteiger partial charge is 0.257 e. The van der Waals surface area contributed by atoms with Crippen LogP contribution in [-0.2, 0) is 0 Å². The Morgan fingerprint density at radius 3 is 2.50 bits per heavy atom. The Hall–Kier alpha value is -3.68. The molecule has 1 aromatic carbocycles. The molecule has 0 saturated carbocycles. The second-order valence-electron chi connectivity index (χ2n) is 6.98. The van der Waals surface area contributed by atoms with Gasteiger partial charge in [-0.2, -0.15) is 0 Å². The van der Waals surface area contributed by atoms with Gasteiger partial charge in [0.25, 0.3) is 5.91 Å². The molecule has 1 saturated heterocycles. The van der Waals surface area contributed by atoms with Crippen LogP contribution in [0.3, 0.4) is 0 Å². The van der Waals surface area contributed by atoms with Gasteiger partial charge in [0.15, 0.2) is 0 Å². The molecular formula is C22H24N6O2. The highest BCUT2D eigenvalue weighted by atomic mass is 16.5. The summed E-state index contributed by atoms with van der Waals surface area (Å²) in [5, 5.41) is 3.22. The normalized spacial score (nSPS) is 13.8. The number of anilines is 3. The lowest BCUT2D eigenvalue weighted by molar-refractivity contribution is 0.0743. The predicted octanol–water partition coefficient (Wildman–Crippen LogP) is 2.89. The maximum absolute atomic E-state index is 12.9. The van der Waals surface area contributed by atoms with Crippen LogP contribution in [-0.4, -0.2) is 59.0 Å². The van der Waals surface area contributed by atoms with Crippen molar-refractivity contribution in [2.75, 3.05) is 43.5 Å². The van der Waals surface area contributed by atoms with Crippen LogP contribution < -0.4 is 15.0 Å². The minimum absolute atomic E-state index is 0.0107. The third-order valence-corrected chi connectivity index (χ3v) is 4.97. The Bertz CT molecular complexity index is 1020. The molecule has 1 fully saturated rings. The van der Waals surface area contributed by atoms with Gasteiger partial charge in [-0.15, -0.1) is 0 Å². The van der Waals surface area contributed by atoms with Crippen molar-refractivity contribution in [2.24, 2.45) is 0 Å². The van der Waals surface area contributed by atoms with Gasteiger partial charge in [0.1, 0.15) is 29.0 Å². The van der Waals surface area contributed by atoms with E-state index in [4.69, 9.17) is 4.74 Å². The second kappa shape index (κ2) is 8.77. The molecule has 1 amide bonds. The molecule has 0 spiro atoms. The molecule has 3 aromatic rings. The number of ether oxygens (including phenoxy) is 1. The van der Waals surface area contributed by atoms with E-state index in [9.17, 15) is 4.79 Å². The van der Waals surface area contributed by atoms with Gasteiger partial charge in [-0.1, -0.05) is 18.2 Å². The van der Waals surface area contributed by atoms with Gasteiger partial charge in [-0.05, 0) is 31.2 Å². The van der Waals surface area contributed by atoms with E-state index in [0.717, 1.165) is 11.6 Å². The molecule has 4 rings (SSSR count). The van der Waals surface area contributed by atoms with Crippen LogP contribution in [0, 0.1) is 6.92 Å². The molecule has 1 aliphatic heterocycles. The third kappa shape index (κ3) is 4.32. The molecule has 0 atom stereocenters. The summed E-state index contributed by atoms with van der Waals surface area (Å²) in [5.41, 5.74) is 0.591. The Kier molecular flexibility index (Phi) is 5.74. The molecule has 1 N–H and O–H groups in total. The molecule has 0 radical (unpaired) electrons. The largest absolute Gasteiger partial charge is 0.496 e. The van der Waals surface area contributed by atoms with Crippen molar-refractivity contribution in [2.45, 2.75) is 6.92 Å². The molecule has 0 aliphatic carbocycles. The number of nitrogens with one attached hydrogen (secondary N) is 1. The van der Waals surface area contributed by atoms with Crippen molar-refractivity contribution in [3.8, 4) is 5.75 Å². The molecule has 1 aliphatic rings. The zero-order valence-electron chi connectivity index (χ0n) is 17.1. The Morgan fingerprint density at radius 1 is 1.00 bits per heavy atom. The first-order valence-electron chi connectivity index (χ1n) is 9.85. The SMILES string of the molecule is COc1ccccc1C(=O)N1CCN(c2cc(Nc3ccccn3)nc(C)n2)CC1. The predicted molar refractivity (Wildman–Crippen MR) is 115 cm³/mol. The molecule has 0 bridgehead atoms. The van der Waals surface area contributed by atoms with Crippen LogP contribution in [0.5, 0.6) is 5.75 Å². The highest BCUT2D eigenvalue weighted by Crippen LogP contribution is 2.23. The molecule has 3 heterocycles. The summed E-state index contributed by atoms with van der Waals surface area (Å²) in [6.45, 7) is 4.49. The van der Waals surface area contributed by atoms with Crippen LogP contribution in [0.25, 0.3) is 0 Å². The molecule has 8 nitrogen and oxygen atoms in total. The van der Waals surface area contributed by atoms with E-state index in [1.54, 1.807) is 19.4 Å². The van der Waals surface area contributed by atoms with E-state index in [0.29, 0.717) is 49.1 Å². The minimum Gasteiger partial charge on any atom is -0.496 e. The number of aryl methyl sites for hydroxylation is 1. The van der Waals surface area contributed by atoms with Gasteiger partial charge in [0.05, 0.1) is 12.7 Å². The summed E-state index contributed by atoms with van der Waals surface area (Å²) in [4.78, 5) is 30.3. The average Bonchev–Trinajstić information content (AvgIpc) is 2.79. The van der Waals surface area contributed by atoms with Crippen molar-refractivity contribution in [1.82, 2.24) is 19.9 Å². The van der Waals surface area contributed by atoms with Crippen LogP contribution in [0.15, 0.2) is 54.7 Å². The fourth-order valence-corrected chi connectivity index (χ4v) is 3.48. The first kappa shape index (κ1) is 19.6. The van der Waals surface area contributed by atoms with Crippen LogP contribution in [0.2, 0.25) is 0 Å². The standard InChI is InChI=1S/C22H24N6O2/c1-16-24-20(26-19-9-5-6-10-23-19)15-21(25-16)27-11-13-28(14-12-27)22(29)17-7-3-4-8-18(17)30-2/h3-10,15H,11-14H2,1-2H3,(H,23,24,25,26). The van der Waals surface area contributed by atoms with E-state index in [1.807, 2.05) is 54.3 Å². The molecule has 0 unspecified atom stereocenters. The van der Waals surface area contributed by atoms with Crippen molar-refractivity contribution < 1.29 is 9.53 Å². The average molecular weight is 404 g/mol. The summed E-state index contributed by atoms with van der Waals surface area (Å²) in [6.07, 6.45) is 1.73. The van der Waals surface area contributed by atoms with Crippen molar-refractivity contribution in [3.05, 3.63) is 66.1 Å². The van der Waals surface area contributed by atoms with Crippen LogP contribution >= 0.6 is 0 Å². The van der Waals surface area contributed by atoms with E-state index in [2.05, 4.69) is 25.2 Å². The topological polar surface area (TPSA) is 83.5 Å². The van der Waals surface area contributed by atoms with E-state index < -0.39 is 0 Å². The Morgan fingerprint density at radius 2 is 1.77 bits per heavy atom. The zero-order valence-corrected chi connectivity index (χ0v) is 17.1. The number of piperazine rings is 1. The maximum Gasteiger partial charge on any atom is 0.257 e. The molecule has 2 aromatic heterocycles. The van der Waals surface area contributed by atoms with Gasteiger partial charge in [-0.3, -0.25) is 4.79 Å². The molecule has 8 heteroatoms. The lowest BCUT2D eigenvalue weighted by atomic mass is 10.1. The van der Waals surface area contributed by atoms with Crippen molar-refractivity contribution in [1.29, 1.82) is 0 Å². The number of hydrogen-bond acceptors (Lipinski definition) is 7. The van der Waals surface area contributed by atoms with Gasteiger partial charge < -0.3 is 19.9 Å². The van der Waals surface area contributed by atoms with Gasteiger partial charge in [0, 0.05) is 38.4 Å². The fraction of sp³-hybridized carbons (Fsp3) is 0.273. The monoisotopic (exact) mass is 404 g/mol. The highest BCUT2D eigenvalue weighted by Gasteiger charge is 2.25. The lowest BCUT2D eigenvalue weighted by Gasteiger charge is -2.35. The summed E-state index contributed by atoms with van der Waals surface area (Å²) in [6, 6.07) is 14.9. The number of carbonyl (C=O) groups excluding carboxylic acids is 1. The van der Waals surface area contributed by atoms with Crippen LogP contribution in [0.1, 0.15) is 16.2 Å². The number of aromatic nitrogens is 3. The first-order chi connectivity index (χ1) is 14.6. The van der Waals surface area contributed by atoms with Crippen molar-refractivity contribution >= 4 is 23.4 Å². The quantitative estimate of drug-likeness (QED) is 0.700. The highest BCUT2D eigenvalue weighted by molar-refractivity contribution is 5.97. The van der Waals surface area contributed by atoms with Crippen molar-refractivity contribution in [3.63, 3.8) is 0 Å². The number of amides is 1. The number of nitrogens with zero attached hydrogens (tertiary/aromatic N) is 5. The number of pyridine rings is 1. The Labute approximate surface area is 175 Å². The zero-order chi connectivity index (χ0) is 20.9. The van der Waals surface area contributed by atoms with E-state index in [1.165, 1.54) is 0 Å². The Balaban J connectivity index is 1.44. The number of benzene rings is 1. The fourth-order valence-electron chi connectivity index (χ4n) is 3.48. The second-order valence-corrected chi connectivity index (χ2v) is 6.98. The summed E-state index contributed by atoms with van der Waals surface area (Å²) in [5.74, 6) is 3.53. The van der Waals surface area contributed by atoms with Gasteiger partial charge in [0.2, 0.25) is 0 Å². The van der Waals surface area contributed by atoms with E-state index >= 15 is 0 Å². The first-order valence-corrected chi connectivity index (χ1v) is 9.85. The van der Waals surface area contributed by atoms with Gasteiger partial charge in [-0.25, -0.2) is 15.0 Å². The number of methoxy groups -OCH3 is 1. The molecule has 30 heavy (non-hydrogen) atoms. The molecular weight excluding hydrogens is 380 g/mol. The number of hydrogen-bond donors (Lipinski definition) is 1. The van der Waals surface area contributed by atoms with E-state index in [-0.39, 0.29) is 5.91 Å². The lowest BCUT2D eigenvalue weighted by Crippen LogP contribution is -2.49. The third-order valence-electron chi connectivity index (χ3n) is 4.97.